The molecule has 0 aromatic rings. The van der Waals surface area contributed by atoms with Crippen molar-refractivity contribution in [1.82, 2.24) is 10.6 Å². The van der Waals surface area contributed by atoms with Crippen molar-refractivity contribution in [2.24, 2.45) is 0 Å². The van der Waals surface area contributed by atoms with Gasteiger partial charge in [0, 0.05) is 5.54 Å². The molecule has 1 aliphatic rings. The van der Waals surface area contributed by atoms with Gasteiger partial charge in [-0.25, -0.2) is 9.59 Å². The molecular weight excluding hydrogens is 188 g/mol. The molecule has 14 heavy (non-hydrogen) atoms. The molecule has 0 spiro atoms. The number of carbonyl (C=O) groups excluding carboxylic acids is 1. The zero-order chi connectivity index (χ0) is 10.8. The number of aliphatic hydroxyl groups excluding tert-OH is 1. The number of hydrogen-bond donors (Lipinski definition) is 4. The summed E-state index contributed by atoms with van der Waals surface area (Å²) in [4.78, 5) is 21.3. The zero-order valence-electron chi connectivity index (χ0n) is 7.91. The Morgan fingerprint density at radius 1 is 1.50 bits per heavy atom. The second-order valence-corrected chi connectivity index (χ2v) is 3.75. The molecule has 0 bridgehead atoms. The molecule has 0 aliphatic heterocycles. The first-order valence-electron chi connectivity index (χ1n) is 4.40. The van der Waals surface area contributed by atoms with E-state index in [-0.39, 0.29) is 12.1 Å². The first-order valence-corrected chi connectivity index (χ1v) is 4.40. The van der Waals surface area contributed by atoms with E-state index in [1.54, 1.807) is 0 Å². The third-order valence-electron chi connectivity index (χ3n) is 2.16. The second kappa shape index (κ2) is 3.83. The lowest BCUT2D eigenvalue weighted by molar-refractivity contribution is -0.146. The number of rotatable bonds is 4. The van der Waals surface area contributed by atoms with Gasteiger partial charge in [0.15, 0.2) is 6.10 Å². The standard InChI is InChI=1S/C8H14N2O4/c1-8(2-3-8)10-7(14)9-4-5(11)6(12)13/h5,11H,2-4H2,1H3,(H,12,13)(H2,9,10,14)/t5-/m0/s1. The summed E-state index contributed by atoms with van der Waals surface area (Å²) >= 11 is 0. The molecule has 0 saturated heterocycles. The number of amides is 2. The summed E-state index contributed by atoms with van der Waals surface area (Å²) in [6, 6.07) is -0.440. The fourth-order valence-electron chi connectivity index (χ4n) is 0.907. The normalized spacial score (nSPS) is 19.6. The van der Waals surface area contributed by atoms with Crippen molar-refractivity contribution in [3.63, 3.8) is 0 Å². The number of carboxylic acids is 1. The summed E-state index contributed by atoms with van der Waals surface area (Å²) in [5.41, 5.74) is -0.141. The fraction of sp³-hybridized carbons (Fsp3) is 0.750. The maximum atomic E-state index is 11.1. The van der Waals surface area contributed by atoms with Crippen molar-refractivity contribution in [1.29, 1.82) is 0 Å². The quantitative estimate of drug-likeness (QED) is 0.483. The van der Waals surface area contributed by atoms with E-state index in [1.807, 2.05) is 6.92 Å². The Morgan fingerprint density at radius 2 is 2.07 bits per heavy atom. The van der Waals surface area contributed by atoms with Gasteiger partial charge >= 0.3 is 12.0 Å². The topological polar surface area (TPSA) is 98.7 Å². The van der Waals surface area contributed by atoms with Crippen LogP contribution in [-0.2, 0) is 4.79 Å². The van der Waals surface area contributed by atoms with E-state index >= 15 is 0 Å². The van der Waals surface area contributed by atoms with Gasteiger partial charge in [0.25, 0.3) is 0 Å². The summed E-state index contributed by atoms with van der Waals surface area (Å²) < 4.78 is 0. The van der Waals surface area contributed by atoms with Gasteiger partial charge in [-0.05, 0) is 19.8 Å². The Balaban J connectivity index is 2.18. The molecule has 0 aromatic carbocycles. The summed E-state index contributed by atoms with van der Waals surface area (Å²) in [6.45, 7) is 1.62. The molecule has 6 heteroatoms. The summed E-state index contributed by atoms with van der Waals surface area (Å²) in [5, 5.41) is 22.1. The van der Waals surface area contributed by atoms with Crippen LogP contribution in [0.1, 0.15) is 19.8 Å². The van der Waals surface area contributed by atoms with Gasteiger partial charge in [-0.2, -0.15) is 0 Å². The van der Waals surface area contributed by atoms with E-state index < -0.39 is 18.1 Å². The van der Waals surface area contributed by atoms with Crippen molar-refractivity contribution in [2.75, 3.05) is 6.54 Å². The molecule has 0 heterocycles. The number of carbonyl (C=O) groups is 2. The number of carboxylic acid groups (broad SMARTS) is 1. The molecule has 0 radical (unpaired) electrons. The van der Waals surface area contributed by atoms with Crippen LogP contribution in [0.5, 0.6) is 0 Å². The third kappa shape index (κ3) is 3.21. The number of aliphatic hydroxyl groups is 1. The number of hydrogen-bond acceptors (Lipinski definition) is 3. The summed E-state index contributed by atoms with van der Waals surface area (Å²) in [5.74, 6) is -1.34. The third-order valence-corrected chi connectivity index (χ3v) is 2.16. The van der Waals surface area contributed by atoms with Gasteiger partial charge in [-0.15, -0.1) is 0 Å². The average molecular weight is 202 g/mol. The molecule has 80 valence electrons. The molecular formula is C8H14N2O4. The van der Waals surface area contributed by atoms with Crippen molar-refractivity contribution in [2.45, 2.75) is 31.4 Å². The van der Waals surface area contributed by atoms with Crippen LogP contribution >= 0.6 is 0 Å². The zero-order valence-corrected chi connectivity index (χ0v) is 7.91. The van der Waals surface area contributed by atoms with Crippen LogP contribution < -0.4 is 10.6 Å². The molecule has 0 unspecified atom stereocenters. The van der Waals surface area contributed by atoms with Crippen LogP contribution in [0.4, 0.5) is 4.79 Å². The van der Waals surface area contributed by atoms with Crippen LogP contribution in [0.3, 0.4) is 0 Å². The molecule has 1 aliphatic carbocycles. The maximum absolute atomic E-state index is 11.1. The highest BCUT2D eigenvalue weighted by molar-refractivity contribution is 5.77. The minimum Gasteiger partial charge on any atom is -0.479 e. The van der Waals surface area contributed by atoms with Crippen molar-refractivity contribution >= 4 is 12.0 Å². The maximum Gasteiger partial charge on any atom is 0.334 e. The first kappa shape index (κ1) is 10.8. The molecule has 1 saturated carbocycles. The van der Waals surface area contributed by atoms with E-state index in [1.165, 1.54) is 0 Å². The van der Waals surface area contributed by atoms with Crippen LogP contribution in [0.15, 0.2) is 0 Å². The Morgan fingerprint density at radius 3 is 2.50 bits per heavy atom. The predicted molar refractivity (Wildman–Crippen MR) is 47.8 cm³/mol. The average Bonchev–Trinajstić information content (AvgIpc) is 2.78. The monoisotopic (exact) mass is 202 g/mol. The van der Waals surface area contributed by atoms with E-state index in [4.69, 9.17) is 10.2 Å². The van der Waals surface area contributed by atoms with Gasteiger partial charge in [-0.1, -0.05) is 0 Å². The van der Waals surface area contributed by atoms with Crippen LogP contribution in [0.2, 0.25) is 0 Å². The van der Waals surface area contributed by atoms with Gasteiger partial charge in [-0.3, -0.25) is 0 Å². The lowest BCUT2D eigenvalue weighted by Gasteiger charge is -2.13. The lowest BCUT2D eigenvalue weighted by atomic mass is 10.3. The van der Waals surface area contributed by atoms with E-state index in [2.05, 4.69) is 10.6 Å². The van der Waals surface area contributed by atoms with Crippen LogP contribution in [-0.4, -0.2) is 40.4 Å². The minimum atomic E-state index is -1.55. The predicted octanol–water partition coefficient (Wildman–Crippen LogP) is -0.716. The molecule has 1 atom stereocenters. The highest BCUT2D eigenvalue weighted by atomic mass is 16.4. The van der Waals surface area contributed by atoms with Gasteiger partial charge in [0.1, 0.15) is 0 Å². The largest absolute Gasteiger partial charge is 0.479 e. The Bertz CT molecular complexity index is 250. The number of urea groups is 1. The fourth-order valence-corrected chi connectivity index (χ4v) is 0.907. The highest BCUT2D eigenvalue weighted by Crippen LogP contribution is 2.33. The van der Waals surface area contributed by atoms with E-state index in [9.17, 15) is 9.59 Å². The van der Waals surface area contributed by atoms with Crippen LogP contribution in [0, 0.1) is 0 Å². The molecule has 6 nitrogen and oxygen atoms in total. The summed E-state index contributed by atoms with van der Waals surface area (Å²) in [7, 11) is 0. The molecule has 1 rings (SSSR count). The highest BCUT2D eigenvalue weighted by Gasteiger charge is 2.38. The Labute approximate surface area is 81.3 Å². The molecule has 1 fully saturated rings. The van der Waals surface area contributed by atoms with E-state index in [0.717, 1.165) is 12.8 Å². The summed E-state index contributed by atoms with van der Waals surface area (Å²) in [6.07, 6.45) is 0.317. The SMILES string of the molecule is CC1(NC(=O)NC[C@H](O)C(=O)O)CC1. The number of nitrogens with one attached hydrogen (secondary N) is 2. The molecule has 0 aromatic heterocycles. The number of aliphatic carboxylic acids is 1. The van der Waals surface area contributed by atoms with Crippen LogP contribution in [0.25, 0.3) is 0 Å². The first-order chi connectivity index (χ1) is 6.43. The van der Waals surface area contributed by atoms with Gasteiger partial charge in [0.2, 0.25) is 0 Å². The van der Waals surface area contributed by atoms with Gasteiger partial charge in [0.05, 0.1) is 6.54 Å². The smallest absolute Gasteiger partial charge is 0.334 e. The molecule has 2 amide bonds. The molecule has 4 N–H and O–H groups in total. The Kier molecular flexibility index (Phi) is 2.95. The lowest BCUT2D eigenvalue weighted by Crippen LogP contribution is -2.45. The van der Waals surface area contributed by atoms with Crippen molar-refractivity contribution < 1.29 is 19.8 Å². The minimum absolute atomic E-state index is 0.141. The Hall–Kier alpha value is -1.30. The second-order valence-electron chi connectivity index (χ2n) is 3.75. The van der Waals surface area contributed by atoms with E-state index in [0.29, 0.717) is 0 Å². The van der Waals surface area contributed by atoms with Gasteiger partial charge < -0.3 is 20.8 Å². The van der Waals surface area contributed by atoms with Crippen molar-refractivity contribution in [3.8, 4) is 0 Å². The van der Waals surface area contributed by atoms with Crippen molar-refractivity contribution in [3.05, 3.63) is 0 Å².